The first-order chi connectivity index (χ1) is 26.3. The first-order valence-electron chi connectivity index (χ1n) is 18.6. The normalized spacial score (nSPS) is 27.0. The molecule has 1 aromatic heterocycles. The Bertz CT molecular complexity index is 2040. The van der Waals surface area contributed by atoms with E-state index < -0.39 is 51.6 Å². The quantitative estimate of drug-likeness (QED) is 0.234. The summed E-state index contributed by atoms with van der Waals surface area (Å²) < 4.78 is 41.8. The minimum Gasteiger partial charge on any atom is -0.495 e. The molecule has 4 heterocycles. The summed E-state index contributed by atoms with van der Waals surface area (Å²) >= 11 is 8.36. The van der Waals surface area contributed by atoms with Gasteiger partial charge in [0.25, 0.3) is 5.91 Å². The molecule has 55 heavy (non-hydrogen) atoms. The molecule has 0 radical (unpaired) electrons. The summed E-state index contributed by atoms with van der Waals surface area (Å²) in [4.78, 5) is 52.6. The van der Waals surface area contributed by atoms with E-state index in [1.807, 2.05) is 12.2 Å². The molecule has 1 saturated heterocycles. The molecule has 296 valence electrons. The summed E-state index contributed by atoms with van der Waals surface area (Å²) in [6.07, 6.45) is 12.8. The lowest BCUT2D eigenvalue weighted by Gasteiger charge is -2.27. The number of benzene rings is 1. The summed E-state index contributed by atoms with van der Waals surface area (Å²) in [6, 6.07) is 3.17. The molecule has 1 aliphatic carbocycles. The highest BCUT2D eigenvalue weighted by molar-refractivity contribution is 8.14. The maximum atomic E-state index is 14.1. The van der Waals surface area contributed by atoms with E-state index in [0.717, 1.165) is 27.9 Å². The molecule has 3 N–H and O–H groups in total. The average molecular weight is 814 g/mol. The molecule has 4 aliphatic rings. The lowest BCUT2D eigenvalue weighted by Crippen LogP contribution is -2.59. The summed E-state index contributed by atoms with van der Waals surface area (Å²) in [5.41, 5.74) is -0.491. The van der Waals surface area contributed by atoms with Gasteiger partial charge in [0.15, 0.2) is 0 Å². The Labute approximate surface area is 331 Å². The van der Waals surface area contributed by atoms with E-state index in [1.165, 1.54) is 12.0 Å². The number of hydrogen-bond acceptors (Lipinski definition) is 10. The Morgan fingerprint density at radius 1 is 1.22 bits per heavy atom. The van der Waals surface area contributed by atoms with Gasteiger partial charge < -0.3 is 25.0 Å². The number of hydrogen-bond donors (Lipinski definition) is 3. The van der Waals surface area contributed by atoms with Crippen LogP contribution in [0, 0.1) is 24.2 Å². The third-order valence-electron chi connectivity index (χ3n) is 10.5. The molecule has 1 aromatic carbocycles. The highest BCUT2D eigenvalue weighted by Gasteiger charge is 2.61. The van der Waals surface area contributed by atoms with Crippen LogP contribution in [0.25, 0.3) is 10.9 Å². The van der Waals surface area contributed by atoms with Crippen molar-refractivity contribution in [2.45, 2.75) is 82.5 Å². The lowest BCUT2D eigenvalue weighted by molar-refractivity contribution is -0.130. The van der Waals surface area contributed by atoms with Crippen LogP contribution in [-0.2, 0) is 19.8 Å². The summed E-state index contributed by atoms with van der Waals surface area (Å²) in [6.45, 7) is 4.88. The zero-order valence-corrected chi connectivity index (χ0v) is 33.9. The Hall–Kier alpha value is -4.04. The van der Waals surface area contributed by atoms with Crippen LogP contribution in [-0.4, -0.2) is 109 Å². The second-order valence-electron chi connectivity index (χ2n) is 14.7. The van der Waals surface area contributed by atoms with Crippen LogP contribution >= 0.6 is 23.4 Å². The van der Waals surface area contributed by atoms with E-state index in [9.17, 15) is 22.8 Å². The summed E-state index contributed by atoms with van der Waals surface area (Å²) in [7, 11) is -1.12. The number of aliphatic imine (C=N–C) groups is 1. The van der Waals surface area contributed by atoms with Gasteiger partial charge in [0, 0.05) is 49.7 Å². The van der Waals surface area contributed by atoms with Crippen LogP contribution in [0.2, 0.25) is 5.02 Å². The van der Waals surface area contributed by atoms with Gasteiger partial charge in [0.2, 0.25) is 5.91 Å². The number of nitrogens with zero attached hydrogens (tertiary/aromatic N) is 4. The monoisotopic (exact) mass is 813 g/mol. The number of thioether (sulfide) groups is 1. The van der Waals surface area contributed by atoms with Crippen molar-refractivity contribution < 1.29 is 32.3 Å². The molecule has 17 heteroatoms. The van der Waals surface area contributed by atoms with Crippen molar-refractivity contribution in [1.82, 2.24) is 29.5 Å². The Kier molecular flexibility index (Phi) is 12.5. The molecule has 2 fully saturated rings. The Balaban J connectivity index is 1.26. The van der Waals surface area contributed by atoms with Crippen molar-refractivity contribution in [3.8, 4) is 23.8 Å². The number of methoxy groups -OCH3 is 1. The molecule has 6 rings (SSSR count). The van der Waals surface area contributed by atoms with Gasteiger partial charge in [-0.25, -0.2) is 14.5 Å². The zero-order chi connectivity index (χ0) is 39.5. The van der Waals surface area contributed by atoms with Crippen molar-refractivity contribution >= 4 is 67.4 Å². The van der Waals surface area contributed by atoms with Gasteiger partial charge in [-0.3, -0.25) is 14.6 Å². The highest BCUT2D eigenvalue weighted by atomic mass is 35.5. The molecule has 5 atom stereocenters. The number of carbonyl (C=O) groups excluding carboxylic acids is 3. The number of allylic oxidation sites excluding steroid dienone is 1. The molecule has 1 unspecified atom stereocenters. The van der Waals surface area contributed by atoms with Crippen LogP contribution in [0.4, 0.5) is 4.79 Å². The largest absolute Gasteiger partial charge is 0.495 e. The molecular weight excluding hydrogens is 766 g/mol. The minimum absolute atomic E-state index is 0.00764. The van der Waals surface area contributed by atoms with Crippen LogP contribution in [0.1, 0.15) is 64.5 Å². The lowest BCUT2D eigenvalue weighted by atomic mass is 10.1. The van der Waals surface area contributed by atoms with E-state index in [1.54, 1.807) is 37.0 Å². The predicted octanol–water partition coefficient (Wildman–Crippen LogP) is 4.27. The SMILES string of the molecule is C#C[C@@H]1CCCN1S(=O)(=O)NC(=O)[C@@]12C[C@H]1/C=C\CCCCN(C)C(=O)N[C@@H](CCOc1cc(C3=NC(C(C)C)CS3)nc3c(Cl)c(OC)ccc13)C(=O)N2. The summed E-state index contributed by atoms with van der Waals surface area (Å²) in [5, 5.41) is 7.34. The standard InChI is InChI=1S/C38H48ClN7O7S2/c1-6-25-13-11-18-46(25)55(50,51)44-36(48)38-21-24(38)12-9-7-8-10-17-45(4)37(49)42-27(34(47)43-38)16-19-53-31-20-28(35-41-29(22-54-35)23(2)3)40-33-26(31)14-15-30(52-5)32(33)39/h1,9,12,14-15,20,23-25,27,29H,7-8,10-11,13,16-19,21-22H2,2-5H3,(H,42,49)(H,43,47)(H,44,48)/b12-9-/t24-,25-,27+,29?,38-/m1/s1. The number of halogens is 1. The molecule has 3 aliphatic heterocycles. The highest BCUT2D eigenvalue weighted by Crippen LogP contribution is 2.45. The first-order valence-corrected chi connectivity index (χ1v) is 21.4. The molecule has 14 nitrogen and oxygen atoms in total. The minimum atomic E-state index is -4.29. The fourth-order valence-corrected chi connectivity index (χ4v) is 9.94. The molecule has 0 bridgehead atoms. The maximum Gasteiger partial charge on any atom is 0.317 e. The van der Waals surface area contributed by atoms with E-state index >= 15 is 0 Å². The van der Waals surface area contributed by atoms with Gasteiger partial charge in [0.1, 0.15) is 33.1 Å². The van der Waals surface area contributed by atoms with Gasteiger partial charge in [-0.1, -0.05) is 43.5 Å². The number of fused-ring (bicyclic) bond motifs is 2. The van der Waals surface area contributed by atoms with Crippen molar-refractivity contribution in [3.05, 3.63) is 41.1 Å². The number of aromatic nitrogens is 1. The third-order valence-corrected chi connectivity index (χ3v) is 13.5. The Morgan fingerprint density at radius 3 is 2.75 bits per heavy atom. The van der Waals surface area contributed by atoms with Gasteiger partial charge in [-0.15, -0.1) is 18.2 Å². The van der Waals surface area contributed by atoms with Crippen molar-refractivity contribution in [2.24, 2.45) is 16.8 Å². The van der Waals surface area contributed by atoms with Crippen LogP contribution in [0.15, 0.2) is 35.3 Å². The van der Waals surface area contributed by atoms with E-state index in [0.29, 0.717) is 64.8 Å². The summed E-state index contributed by atoms with van der Waals surface area (Å²) in [5.74, 6) is 2.58. The molecular formula is C38H48ClN7O7S2. The molecule has 2 aromatic rings. The second-order valence-corrected chi connectivity index (χ2v) is 17.7. The van der Waals surface area contributed by atoms with Gasteiger partial charge >= 0.3 is 16.2 Å². The number of carbonyl (C=O) groups is 3. The van der Waals surface area contributed by atoms with Crippen molar-refractivity contribution in [2.75, 3.05) is 39.6 Å². The van der Waals surface area contributed by atoms with E-state index in [-0.39, 0.29) is 32.0 Å². The fraction of sp³-hybridized carbons (Fsp3) is 0.553. The van der Waals surface area contributed by atoms with Gasteiger partial charge in [-0.05, 0) is 56.6 Å². The topological polar surface area (TPSA) is 172 Å². The Morgan fingerprint density at radius 2 is 2.02 bits per heavy atom. The number of urea groups is 1. The number of rotatable bonds is 10. The average Bonchev–Trinajstić information content (AvgIpc) is 3.48. The smallest absolute Gasteiger partial charge is 0.317 e. The van der Waals surface area contributed by atoms with Gasteiger partial charge in [0.05, 0.1) is 37.0 Å². The molecule has 4 amide bonds. The number of terminal acetylenes is 1. The van der Waals surface area contributed by atoms with Crippen LogP contribution in [0.5, 0.6) is 11.5 Å². The third kappa shape index (κ3) is 8.85. The van der Waals surface area contributed by atoms with Crippen LogP contribution < -0.4 is 24.8 Å². The number of amides is 4. The molecule has 1 saturated carbocycles. The number of pyridine rings is 1. The molecule has 0 spiro atoms. The zero-order valence-electron chi connectivity index (χ0n) is 31.5. The fourth-order valence-electron chi connectivity index (χ4n) is 7.00. The van der Waals surface area contributed by atoms with Crippen molar-refractivity contribution in [3.63, 3.8) is 0 Å². The maximum absolute atomic E-state index is 14.1. The van der Waals surface area contributed by atoms with E-state index in [2.05, 4.69) is 35.1 Å². The van der Waals surface area contributed by atoms with E-state index in [4.69, 9.17) is 37.5 Å². The number of ether oxygens (including phenoxy) is 2. The van der Waals surface area contributed by atoms with Crippen molar-refractivity contribution in [1.29, 1.82) is 0 Å². The number of nitrogens with one attached hydrogen (secondary N) is 3. The van der Waals surface area contributed by atoms with Crippen LogP contribution in [0.3, 0.4) is 0 Å². The first kappa shape index (κ1) is 40.6. The van der Waals surface area contributed by atoms with Gasteiger partial charge in [-0.2, -0.15) is 12.7 Å². The predicted molar refractivity (Wildman–Crippen MR) is 214 cm³/mol. The second kappa shape index (κ2) is 17.0.